The minimum absolute atomic E-state index is 0. The summed E-state index contributed by atoms with van der Waals surface area (Å²) in [7, 11) is -9.59. The van der Waals surface area contributed by atoms with Crippen LogP contribution in [0.15, 0.2) is 46.2 Å². The third-order valence-electron chi connectivity index (χ3n) is 3.58. The van der Waals surface area contributed by atoms with Gasteiger partial charge in [-0.1, -0.05) is 0 Å². The van der Waals surface area contributed by atoms with Gasteiger partial charge >= 0.3 is 103 Å². The molecular weight excluding hydrogens is 438 g/mol. The summed E-state index contributed by atoms with van der Waals surface area (Å²) >= 11 is 0. The van der Waals surface area contributed by atoms with Crippen LogP contribution in [0.2, 0.25) is 0 Å². The molecule has 0 spiro atoms. The Bertz CT molecular complexity index is 1130. The molecule has 0 atom stereocenters. The van der Waals surface area contributed by atoms with Gasteiger partial charge in [-0.25, -0.2) is 16.8 Å². The van der Waals surface area contributed by atoms with Gasteiger partial charge in [0.25, 0.3) is 0 Å². The number of hydrogen-bond donors (Lipinski definition) is 2. The van der Waals surface area contributed by atoms with E-state index < -0.39 is 35.8 Å². The largest absolute Gasteiger partial charge is 1.00 e. The standard InChI is InChI=1S/C14H10O8S2.2K/c15-13-9-3-1-7(23(17,18)19)5-11(9)14(16)12-6-8(24(20,21)22)2-4-10(12)13;;/h1-6,15-16H,(H,17,18,19)(H,20,21,22);;/q;2*+1/p-2. The first kappa shape index (κ1) is 24.9. The number of phenols is 2. The van der Waals surface area contributed by atoms with Crippen LogP contribution in [-0.2, 0) is 20.2 Å². The van der Waals surface area contributed by atoms with Crippen LogP contribution in [0.5, 0.6) is 11.5 Å². The minimum Gasteiger partial charge on any atom is -0.744 e. The van der Waals surface area contributed by atoms with Gasteiger partial charge in [-0.3, -0.25) is 0 Å². The van der Waals surface area contributed by atoms with E-state index in [2.05, 4.69) is 0 Å². The maximum Gasteiger partial charge on any atom is 1.00 e. The van der Waals surface area contributed by atoms with Crippen molar-refractivity contribution in [1.29, 1.82) is 0 Å². The Kier molecular flexibility index (Phi) is 8.34. The van der Waals surface area contributed by atoms with Crippen molar-refractivity contribution in [2.24, 2.45) is 0 Å². The van der Waals surface area contributed by atoms with Crippen molar-refractivity contribution < 1.29 is 139 Å². The van der Waals surface area contributed by atoms with Crippen LogP contribution in [0.3, 0.4) is 0 Å². The molecule has 0 radical (unpaired) electrons. The fraction of sp³-hybridized carbons (Fsp3) is 0. The first-order valence-corrected chi connectivity index (χ1v) is 9.15. The molecule has 12 heteroatoms. The van der Waals surface area contributed by atoms with Crippen molar-refractivity contribution in [1.82, 2.24) is 0 Å². The molecule has 0 fully saturated rings. The number of hydrogen-bond acceptors (Lipinski definition) is 8. The van der Waals surface area contributed by atoms with Gasteiger partial charge in [-0.05, 0) is 36.4 Å². The number of rotatable bonds is 2. The van der Waals surface area contributed by atoms with Crippen molar-refractivity contribution >= 4 is 41.8 Å². The molecule has 26 heavy (non-hydrogen) atoms. The molecule has 0 saturated carbocycles. The molecule has 0 aliphatic carbocycles. The van der Waals surface area contributed by atoms with Gasteiger partial charge in [0.15, 0.2) is 0 Å². The summed E-state index contributed by atoms with van der Waals surface area (Å²) in [6.45, 7) is 0. The van der Waals surface area contributed by atoms with E-state index in [9.17, 15) is 36.2 Å². The average molecular weight is 447 g/mol. The van der Waals surface area contributed by atoms with Crippen LogP contribution in [0, 0.1) is 0 Å². The Morgan fingerprint density at radius 3 is 1.23 bits per heavy atom. The van der Waals surface area contributed by atoms with Gasteiger partial charge in [-0.15, -0.1) is 0 Å². The molecule has 0 bridgehead atoms. The molecule has 2 N–H and O–H groups in total. The zero-order valence-electron chi connectivity index (χ0n) is 13.6. The van der Waals surface area contributed by atoms with Crippen molar-refractivity contribution in [3.05, 3.63) is 36.4 Å². The predicted octanol–water partition coefficient (Wildman–Crippen LogP) is -4.78. The Hall–Kier alpha value is 0.873. The molecule has 0 aliphatic heterocycles. The van der Waals surface area contributed by atoms with E-state index in [1.54, 1.807) is 0 Å². The Labute approximate surface area is 233 Å². The maximum atomic E-state index is 11.1. The summed E-state index contributed by atoms with van der Waals surface area (Å²) in [6, 6.07) is 5.98. The van der Waals surface area contributed by atoms with Crippen molar-refractivity contribution in [2.45, 2.75) is 9.79 Å². The molecule has 8 nitrogen and oxygen atoms in total. The fourth-order valence-corrected chi connectivity index (χ4v) is 3.45. The van der Waals surface area contributed by atoms with E-state index in [0.29, 0.717) is 0 Å². The molecule has 3 rings (SSSR count). The predicted molar refractivity (Wildman–Crippen MR) is 80.7 cm³/mol. The first-order valence-electron chi connectivity index (χ1n) is 6.33. The van der Waals surface area contributed by atoms with E-state index in [0.717, 1.165) is 36.4 Å². The summed E-state index contributed by atoms with van der Waals surface area (Å²) in [4.78, 5) is -1.26. The van der Waals surface area contributed by atoms with Gasteiger partial charge in [0.2, 0.25) is 0 Å². The molecule has 0 amide bonds. The maximum absolute atomic E-state index is 11.1. The second-order valence-corrected chi connectivity index (χ2v) is 7.78. The van der Waals surface area contributed by atoms with Gasteiger partial charge in [0.1, 0.15) is 31.7 Å². The molecule has 0 aliphatic rings. The van der Waals surface area contributed by atoms with Crippen LogP contribution in [0.4, 0.5) is 0 Å². The van der Waals surface area contributed by atoms with E-state index in [4.69, 9.17) is 0 Å². The summed E-state index contributed by atoms with van der Waals surface area (Å²) < 4.78 is 66.6. The summed E-state index contributed by atoms with van der Waals surface area (Å²) in [5.41, 5.74) is 0. The molecule has 0 aromatic heterocycles. The third kappa shape index (κ3) is 4.71. The Morgan fingerprint density at radius 1 is 0.615 bits per heavy atom. The second kappa shape index (κ2) is 8.71. The molecular formula is C14H8K2O8S2. The van der Waals surface area contributed by atoms with Gasteiger partial charge < -0.3 is 19.3 Å². The Morgan fingerprint density at radius 2 is 0.923 bits per heavy atom. The average Bonchev–Trinajstić information content (AvgIpc) is 2.49. The number of aromatic hydroxyl groups is 2. The van der Waals surface area contributed by atoms with Gasteiger partial charge in [0.05, 0.1) is 9.79 Å². The smallest absolute Gasteiger partial charge is 0.744 e. The summed E-state index contributed by atoms with van der Waals surface area (Å²) in [5.74, 6) is -0.920. The fourth-order valence-electron chi connectivity index (χ4n) is 2.45. The second-order valence-electron chi connectivity index (χ2n) is 5.02. The number of benzene rings is 3. The van der Waals surface area contributed by atoms with Crippen LogP contribution >= 0.6 is 0 Å². The zero-order valence-corrected chi connectivity index (χ0v) is 21.5. The monoisotopic (exact) mass is 446 g/mol. The quantitative estimate of drug-likeness (QED) is 0.172. The van der Waals surface area contributed by atoms with Crippen molar-refractivity contribution in [2.75, 3.05) is 0 Å². The SMILES string of the molecule is O=S(=O)([O-])c1ccc2c(O)c3ccc(S(=O)(=O)[O-])cc3c(O)c2c1.[K+].[K+]. The molecule has 3 aromatic rings. The van der Waals surface area contributed by atoms with Crippen LogP contribution in [0.1, 0.15) is 0 Å². The van der Waals surface area contributed by atoms with E-state index in [1.165, 1.54) is 0 Å². The number of phenolic OH excluding ortho intramolecular Hbond substituents is 2. The zero-order chi connectivity index (χ0) is 17.9. The molecule has 3 aromatic carbocycles. The van der Waals surface area contributed by atoms with Crippen LogP contribution < -0.4 is 103 Å². The van der Waals surface area contributed by atoms with Gasteiger partial charge in [0, 0.05) is 21.5 Å². The third-order valence-corrected chi connectivity index (χ3v) is 5.24. The summed E-state index contributed by atoms with van der Waals surface area (Å²) in [5, 5.41) is 20.3. The minimum atomic E-state index is -4.80. The van der Waals surface area contributed by atoms with Crippen LogP contribution in [-0.4, -0.2) is 36.2 Å². The van der Waals surface area contributed by atoms with Crippen molar-refractivity contribution in [3.63, 3.8) is 0 Å². The van der Waals surface area contributed by atoms with E-state index in [-0.39, 0.29) is 130 Å². The van der Waals surface area contributed by atoms with Crippen molar-refractivity contribution in [3.8, 4) is 11.5 Å². The normalized spacial score (nSPS) is 11.8. The van der Waals surface area contributed by atoms with Crippen LogP contribution in [0.25, 0.3) is 21.5 Å². The molecule has 0 unspecified atom stereocenters. The molecule has 0 saturated heterocycles. The van der Waals surface area contributed by atoms with E-state index >= 15 is 0 Å². The summed E-state index contributed by atoms with van der Waals surface area (Å²) in [6.07, 6.45) is 0. The number of fused-ring (bicyclic) bond motifs is 2. The topological polar surface area (TPSA) is 155 Å². The Balaban J connectivity index is 0.00000169. The molecule has 126 valence electrons. The van der Waals surface area contributed by atoms with E-state index in [1.807, 2.05) is 0 Å². The molecule has 0 heterocycles. The first-order chi connectivity index (χ1) is 11.0. The van der Waals surface area contributed by atoms with Gasteiger partial charge in [-0.2, -0.15) is 0 Å².